The number of nitriles is 2. The van der Waals surface area contributed by atoms with Gasteiger partial charge < -0.3 is 57.2 Å². The highest BCUT2D eigenvalue weighted by molar-refractivity contribution is 5.55. The first-order valence-corrected chi connectivity index (χ1v) is 36.8. The van der Waals surface area contributed by atoms with Gasteiger partial charge in [0.05, 0.1) is 58.7 Å². The number of pyridine rings is 3. The molecule has 0 saturated heterocycles. The van der Waals surface area contributed by atoms with E-state index in [2.05, 4.69) is 119 Å². The van der Waals surface area contributed by atoms with Crippen molar-refractivity contribution < 1.29 is 86.3 Å². The lowest BCUT2D eigenvalue weighted by Crippen LogP contribution is -2.59. The van der Waals surface area contributed by atoms with Crippen LogP contribution in [0.1, 0.15) is 195 Å². The van der Waals surface area contributed by atoms with Crippen LogP contribution in [-0.4, -0.2) is 124 Å². The number of methoxy groups -OCH3 is 1. The van der Waals surface area contributed by atoms with Gasteiger partial charge in [0.25, 0.3) is 5.92 Å². The molecule has 0 bridgehead atoms. The van der Waals surface area contributed by atoms with Crippen LogP contribution in [0.2, 0.25) is 0 Å². The maximum Gasteiger partial charge on any atom is 0.421 e. The molecule has 4 fully saturated rings. The van der Waals surface area contributed by atoms with Gasteiger partial charge >= 0.3 is 24.7 Å². The molecular weight excluding hydrogens is 1590 g/mol. The topological polar surface area (TPSA) is 371 Å². The van der Waals surface area contributed by atoms with Gasteiger partial charge in [-0.25, -0.2) is 48.7 Å². The van der Waals surface area contributed by atoms with Crippen LogP contribution < -0.4 is 36.6 Å². The fourth-order valence-electron chi connectivity index (χ4n) is 13.7. The maximum atomic E-state index is 13.8. The number of anilines is 6. The first-order valence-electron chi connectivity index (χ1n) is 36.8. The lowest BCUT2D eigenvalue weighted by atomic mass is 9.51. The number of rotatable bonds is 23. The van der Waals surface area contributed by atoms with Gasteiger partial charge in [-0.05, 0) is 75.3 Å². The second-order valence-electron chi connectivity index (χ2n) is 31.5. The molecule has 4 aliphatic rings. The average Bonchev–Trinajstić information content (AvgIpc) is 0.738. The summed E-state index contributed by atoms with van der Waals surface area (Å²) in [6.07, 6.45) is -2.67. The molecule has 4 saturated carbocycles. The van der Waals surface area contributed by atoms with Gasteiger partial charge in [0, 0.05) is 157 Å². The summed E-state index contributed by atoms with van der Waals surface area (Å²) in [5, 5.41) is 77.5. The average molecular weight is 1690 g/mol. The summed E-state index contributed by atoms with van der Waals surface area (Å²) in [6, 6.07) is 6.06. The summed E-state index contributed by atoms with van der Waals surface area (Å²) < 4.78 is 192. The van der Waals surface area contributed by atoms with Gasteiger partial charge in [-0.3, -0.25) is 9.97 Å². The summed E-state index contributed by atoms with van der Waals surface area (Å²) in [6.45, 7) is 19.7. The summed E-state index contributed by atoms with van der Waals surface area (Å²) in [4.78, 5) is 48.1. The maximum absolute atomic E-state index is 13.8. The van der Waals surface area contributed by atoms with E-state index in [1.54, 1.807) is 32.6 Å². The zero-order valence-electron chi connectivity index (χ0n) is 65.6. The van der Waals surface area contributed by atoms with Crippen molar-refractivity contribution in [1.29, 1.82) is 10.5 Å². The molecule has 0 amide bonds. The van der Waals surface area contributed by atoms with Crippen LogP contribution in [0.4, 0.5) is 96.8 Å². The van der Waals surface area contributed by atoms with Crippen molar-refractivity contribution in [3.8, 4) is 12.1 Å². The van der Waals surface area contributed by atoms with E-state index in [0.717, 1.165) is 78.8 Å². The van der Waals surface area contributed by atoms with Crippen molar-refractivity contribution >= 4 is 35.3 Å². The van der Waals surface area contributed by atoms with Crippen molar-refractivity contribution in [2.75, 3.05) is 39.0 Å². The number of aromatic nitrogens is 13. The Bertz CT molecular complexity index is 4880. The molecule has 0 aliphatic heterocycles. The number of halogens is 14. The molecule has 646 valence electrons. The minimum atomic E-state index is -4.71. The highest BCUT2D eigenvalue weighted by Crippen LogP contribution is 2.55. The molecule has 40 heteroatoms. The first kappa shape index (κ1) is 95.4. The van der Waals surface area contributed by atoms with Crippen LogP contribution >= 0.6 is 0 Å². The van der Waals surface area contributed by atoms with Crippen LogP contribution in [-0.2, 0) is 80.7 Å². The zero-order chi connectivity index (χ0) is 86.4. The van der Waals surface area contributed by atoms with Crippen molar-refractivity contribution in [3.63, 3.8) is 0 Å². The Kier molecular flexibility index (Phi) is 29.9. The van der Waals surface area contributed by atoms with Crippen molar-refractivity contribution in [2.24, 2.45) is 27.6 Å². The van der Waals surface area contributed by atoms with Crippen LogP contribution in [0, 0.1) is 55.4 Å². The summed E-state index contributed by atoms with van der Waals surface area (Å²) in [7, 11) is 1.53. The molecule has 8 aromatic heterocycles. The highest BCUT2D eigenvalue weighted by Gasteiger charge is 2.56. The third-order valence-corrected chi connectivity index (χ3v) is 22.5. The van der Waals surface area contributed by atoms with Crippen LogP contribution in [0.25, 0.3) is 0 Å². The van der Waals surface area contributed by atoms with Gasteiger partial charge in [0.2, 0.25) is 17.8 Å². The Morgan fingerprint density at radius 2 is 0.983 bits per heavy atom. The number of aliphatic hydroxyl groups is 3. The molecule has 0 aromatic carbocycles. The first-order chi connectivity index (χ1) is 54.4. The molecular formula is C79H97F14N21O5. The lowest BCUT2D eigenvalue weighted by Gasteiger charge is -2.57. The summed E-state index contributed by atoms with van der Waals surface area (Å²) >= 11 is 0. The second kappa shape index (κ2) is 37.3. The fraction of sp³-hybridized carbons (Fsp3) is 0.532. The molecule has 4 unspecified atom stereocenters. The van der Waals surface area contributed by atoms with E-state index in [1.165, 1.54) is 13.3 Å². The van der Waals surface area contributed by atoms with E-state index in [4.69, 9.17) is 4.74 Å². The van der Waals surface area contributed by atoms with Crippen LogP contribution in [0.5, 0.6) is 0 Å². The van der Waals surface area contributed by atoms with Crippen LogP contribution in [0.15, 0.2) is 92.7 Å². The minimum absolute atomic E-state index is 0. The van der Waals surface area contributed by atoms with E-state index < -0.39 is 99.2 Å². The molecule has 0 radical (unpaired) electrons. The SMILES string of the molecule is C.C.CC(F)(F)c1cc[n+]([O-])cc1CCc1ncc(C(F)(F)F)c(N[C@H]2C[C@@H](O)C2(C)C)n1.CC1(C)[C@H](O)C[C@@H]1Nc1nc(NCc2cnccc2C(F)(F)F)ncc1C#N.CCc1ncncc1CNc1ncc(C#N)c(CC2CC(C)(O)C2(C)C)n1.COC1CC(Nc2nc(NCc3cnccc3C(F)(F)F)ncc2C(F)(F)F)C1(C)C. The number of nitrogens with one attached hydrogen (secondary N) is 6. The largest absolute Gasteiger partial charge is 0.619 e. The van der Waals surface area contributed by atoms with Crippen molar-refractivity contribution in [2.45, 2.75) is 235 Å². The van der Waals surface area contributed by atoms with Crippen molar-refractivity contribution in [1.82, 2.24) is 59.8 Å². The Balaban J connectivity index is 0.000000218. The van der Waals surface area contributed by atoms with E-state index in [1.807, 2.05) is 40.7 Å². The third kappa shape index (κ3) is 22.6. The number of aryl methyl sites for hydroxylation is 3. The number of hydrogen-bond acceptors (Lipinski definition) is 25. The lowest BCUT2D eigenvalue weighted by molar-refractivity contribution is -0.606. The number of ether oxygens (including phenoxy) is 1. The molecule has 8 aromatic rings. The van der Waals surface area contributed by atoms with Gasteiger partial charge in [0.1, 0.15) is 58.4 Å². The predicted molar refractivity (Wildman–Crippen MR) is 412 cm³/mol. The molecule has 12 rings (SSSR count). The molecule has 9 N–H and O–H groups in total. The summed E-state index contributed by atoms with van der Waals surface area (Å²) in [5.41, 5.74) is -3.24. The van der Waals surface area contributed by atoms with Gasteiger partial charge in [-0.15, -0.1) is 0 Å². The number of aliphatic hydroxyl groups excluding tert-OH is 2. The van der Waals surface area contributed by atoms with E-state index in [9.17, 15) is 92.5 Å². The third-order valence-electron chi connectivity index (χ3n) is 22.5. The zero-order valence-corrected chi connectivity index (χ0v) is 65.6. The number of hydrogen-bond donors (Lipinski definition) is 9. The molecule has 0 spiro atoms. The molecule has 26 nitrogen and oxygen atoms in total. The number of nitrogens with zero attached hydrogens (tertiary/aromatic N) is 15. The highest BCUT2D eigenvalue weighted by atomic mass is 19.4. The smallest absolute Gasteiger partial charge is 0.421 e. The Hall–Kier alpha value is -10.7. The van der Waals surface area contributed by atoms with E-state index >= 15 is 0 Å². The fourth-order valence-corrected chi connectivity index (χ4v) is 13.7. The van der Waals surface area contributed by atoms with Gasteiger partial charge in [-0.2, -0.15) is 77.9 Å². The van der Waals surface area contributed by atoms with E-state index in [-0.39, 0.29) is 133 Å². The Morgan fingerprint density at radius 3 is 1.44 bits per heavy atom. The molecule has 4 aliphatic carbocycles. The molecule has 8 heterocycles. The Morgan fingerprint density at radius 1 is 0.529 bits per heavy atom. The molecule has 119 heavy (non-hydrogen) atoms. The second-order valence-corrected chi connectivity index (χ2v) is 31.5. The minimum Gasteiger partial charge on any atom is -0.619 e. The van der Waals surface area contributed by atoms with E-state index in [0.29, 0.717) is 67.8 Å². The molecule has 8 atom stereocenters. The van der Waals surface area contributed by atoms with Gasteiger partial charge in [0.15, 0.2) is 12.4 Å². The quantitative estimate of drug-likeness (QED) is 0.0163. The monoisotopic (exact) mass is 1690 g/mol. The normalized spacial score (nSPS) is 21.1. The Labute approximate surface area is 679 Å². The summed E-state index contributed by atoms with van der Waals surface area (Å²) in [5.74, 6) is -3.17. The standard InChI is InChI=1S/C20H23F5N4O2.C20H26N6O.C19H21F6N5O.C18H19F3N6O.2CH4/c1-18(2)14(8-15(18)30)27-17-13(20(23,24)25)9-26-16(28-17)5-4-11-10-29(31)7-6-12(11)19(3,21)22;1-5-16-14(9-22-12-25-16)11-24-18-23-10-13(8-21)17(26-18)6-15-7-20(4,27)19(15,2)3;1-17(2)13(6-14(17)31-3)29-15-12(19(23,24)25)9-28-16(30-15)27-8-10-7-26-5-4-11(10)18(20,21)22;1-17(2)13(5-14(17)28)26-15-10(6-22)8-24-16(27-15)25-9-11-7-23-4-3-12(11)18(19,20)21;;/h6-7,9-10,14-15,30H,4-5,8H2,1-3H3,(H,26,27,28);9-10,12,15,27H,5-7,11H2,1-4H3,(H,23,24,26);4-5,7,9,13-14H,6,8H2,1-3H3,(H2,27,28,29,30);3-4,7-8,13-14,28H,5,9H2,1-2H3,(H2,24,25,26,27);2*1H4/t14-,15+;;;13-,14+;;/m0..0../s1. The van der Waals surface area contributed by atoms with Crippen molar-refractivity contribution in [3.05, 3.63) is 176 Å². The van der Waals surface area contributed by atoms with Gasteiger partial charge in [-0.1, -0.05) is 77.2 Å². The predicted octanol–water partition coefficient (Wildman–Crippen LogP) is 15.2. The number of alkyl halides is 14. The van der Waals surface area contributed by atoms with Crippen LogP contribution in [0.3, 0.4) is 0 Å².